The van der Waals surface area contributed by atoms with E-state index < -0.39 is 12.1 Å². The minimum Gasteiger partial charge on any atom is -0.397 e. The van der Waals surface area contributed by atoms with Crippen LogP contribution in [0.3, 0.4) is 0 Å². The third-order valence-corrected chi connectivity index (χ3v) is 5.31. The number of nitrogens with one attached hydrogen (secondary N) is 2. The highest BCUT2D eigenvalue weighted by molar-refractivity contribution is 6.05. The van der Waals surface area contributed by atoms with Gasteiger partial charge in [0, 0.05) is 18.1 Å². The van der Waals surface area contributed by atoms with Crippen LogP contribution in [0.2, 0.25) is 0 Å². The highest BCUT2D eigenvalue weighted by atomic mass is 16.3. The lowest BCUT2D eigenvalue weighted by Crippen LogP contribution is -2.32. The zero-order chi connectivity index (χ0) is 21.8. The predicted molar refractivity (Wildman–Crippen MR) is 121 cm³/mol. The molecule has 2 atom stereocenters. The molecule has 1 aliphatic rings. The minimum absolute atomic E-state index is 0.264. The Bertz CT molecular complexity index is 1140. The third-order valence-electron chi connectivity index (χ3n) is 5.31. The van der Waals surface area contributed by atoms with Gasteiger partial charge in [-0.05, 0) is 47.0 Å². The number of para-hydroxylation sites is 2. The maximum absolute atomic E-state index is 12.4. The molecule has 1 aliphatic carbocycles. The van der Waals surface area contributed by atoms with Crippen molar-refractivity contribution < 1.29 is 14.7 Å². The summed E-state index contributed by atoms with van der Waals surface area (Å²) >= 11 is 0. The molecule has 5 N–H and O–H groups in total. The number of carbonyl (C=O) groups excluding carboxylic acids is 2. The Morgan fingerprint density at radius 1 is 0.968 bits per heavy atom. The van der Waals surface area contributed by atoms with E-state index in [9.17, 15) is 14.7 Å². The molecule has 3 aromatic rings. The molecular weight excluding hydrogens is 390 g/mol. The van der Waals surface area contributed by atoms with Gasteiger partial charge in [0.2, 0.25) is 5.91 Å². The molecule has 6 heteroatoms. The zero-order valence-electron chi connectivity index (χ0n) is 16.8. The first-order valence-corrected chi connectivity index (χ1v) is 10.0. The fraction of sp³-hybridized carbons (Fsp3) is 0.120. The number of fused-ring (bicyclic) bond motifs is 1. The Morgan fingerprint density at radius 3 is 2.45 bits per heavy atom. The van der Waals surface area contributed by atoms with Crippen LogP contribution in [0, 0.1) is 0 Å². The van der Waals surface area contributed by atoms with E-state index in [0.29, 0.717) is 23.4 Å². The molecule has 4 rings (SSSR count). The molecule has 0 saturated carbocycles. The summed E-state index contributed by atoms with van der Waals surface area (Å²) in [4.78, 5) is 24.7. The number of amides is 2. The van der Waals surface area contributed by atoms with Crippen molar-refractivity contribution in [2.75, 3.05) is 11.1 Å². The van der Waals surface area contributed by atoms with Crippen LogP contribution in [0.5, 0.6) is 0 Å². The molecule has 0 aliphatic heterocycles. The van der Waals surface area contributed by atoms with Crippen molar-refractivity contribution in [3.63, 3.8) is 0 Å². The smallest absolute Gasteiger partial charge is 0.255 e. The first-order chi connectivity index (χ1) is 15.0. The lowest BCUT2D eigenvalue weighted by atomic mass is 10.1. The van der Waals surface area contributed by atoms with Crippen molar-refractivity contribution in [1.82, 2.24) is 5.32 Å². The second kappa shape index (κ2) is 8.85. The monoisotopic (exact) mass is 413 g/mol. The van der Waals surface area contributed by atoms with Crippen LogP contribution >= 0.6 is 0 Å². The van der Waals surface area contributed by atoms with Gasteiger partial charge in [-0.1, -0.05) is 48.5 Å². The summed E-state index contributed by atoms with van der Waals surface area (Å²) < 4.78 is 0. The van der Waals surface area contributed by atoms with Gasteiger partial charge in [0.15, 0.2) is 0 Å². The second-order valence-corrected chi connectivity index (χ2v) is 7.45. The van der Waals surface area contributed by atoms with E-state index in [2.05, 4.69) is 10.6 Å². The molecular formula is C25H23N3O3. The van der Waals surface area contributed by atoms with Crippen molar-refractivity contribution in [1.29, 1.82) is 0 Å². The van der Waals surface area contributed by atoms with Gasteiger partial charge in [-0.2, -0.15) is 0 Å². The second-order valence-electron chi connectivity index (χ2n) is 7.45. The van der Waals surface area contributed by atoms with Crippen molar-refractivity contribution in [2.24, 2.45) is 0 Å². The molecule has 31 heavy (non-hydrogen) atoms. The Balaban J connectivity index is 1.37. The Labute approximate surface area is 180 Å². The Kier molecular flexibility index (Phi) is 5.82. The molecule has 0 bridgehead atoms. The minimum atomic E-state index is -0.633. The lowest BCUT2D eigenvalue weighted by molar-refractivity contribution is -0.117. The maximum atomic E-state index is 12.4. The Hall–Kier alpha value is -3.90. The summed E-state index contributed by atoms with van der Waals surface area (Å²) in [7, 11) is 0. The van der Waals surface area contributed by atoms with E-state index in [0.717, 1.165) is 16.7 Å². The van der Waals surface area contributed by atoms with Gasteiger partial charge in [0.05, 0.1) is 23.5 Å². The molecule has 3 aromatic carbocycles. The molecule has 6 nitrogen and oxygen atoms in total. The van der Waals surface area contributed by atoms with E-state index in [4.69, 9.17) is 5.73 Å². The van der Waals surface area contributed by atoms with Gasteiger partial charge in [-0.15, -0.1) is 0 Å². The average molecular weight is 413 g/mol. The van der Waals surface area contributed by atoms with Gasteiger partial charge in [0.25, 0.3) is 5.91 Å². The summed E-state index contributed by atoms with van der Waals surface area (Å²) in [6.45, 7) is 0. The van der Waals surface area contributed by atoms with Crippen LogP contribution in [0.15, 0.2) is 78.9 Å². The van der Waals surface area contributed by atoms with Crippen molar-refractivity contribution in [3.8, 4) is 0 Å². The molecule has 0 spiro atoms. The number of aliphatic hydroxyl groups is 1. The highest BCUT2D eigenvalue weighted by Gasteiger charge is 2.31. The molecule has 0 radical (unpaired) electrons. The molecule has 156 valence electrons. The van der Waals surface area contributed by atoms with E-state index in [-0.39, 0.29) is 11.8 Å². The highest BCUT2D eigenvalue weighted by Crippen LogP contribution is 2.31. The fourth-order valence-electron chi connectivity index (χ4n) is 3.67. The van der Waals surface area contributed by atoms with E-state index in [1.54, 1.807) is 54.6 Å². The standard InChI is InChI=1S/C25H23N3O3/c26-20-7-3-4-8-21(20)27-25(31)17-12-9-16(10-13-17)11-14-23(30)28-24-19-6-2-1-5-18(19)15-22(24)29/h1-14,22,24,29H,15,26H2,(H,27,31)(H,28,30)/b14-11+/t22-,24+/m1/s1. The van der Waals surface area contributed by atoms with E-state index in [1.807, 2.05) is 24.3 Å². The molecule has 0 aromatic heterocycles. The van der Waals surface area contributed by atoms with Crippen molar-refractivity contribution in [3.05, 3.63) is 101 Å². The normalized spacial score (nSPS) is 17.3. The molecule has 0 saturated heterocycles. The summed E-state index contributed by atoms with van der Waals surface area (Å²) in [5.41, 5.74) is 10.2. The number of hydrogen-bond acceptors (Lipinski definition) is 4. The predicted octanol–water partition coefficient (Wildman–Crippen LogP) is 3.31. The van der Waals surface area contributed by atoms with Crippen LogP contribution in [0.4, 0.5) is 11.4 Å². The third kappa shape index (κ3) is 4.65. The number of benzene rings is 3. The first-order valence-electron chi connectivity index (χ1n) is 10.0. The number of anilines is 2. The van der Waals surface area contributed by atoms with Crippen molar-refractivity contribution in [2.45, 2.75) is 18.6 Å². The number of aliphatic hydroxyl groups excluding tert-OH is 1. The van der Waals surface area contributed by atoms with E-state index in [1.165, 1.54) is 6.08 Å². The maximum Gasteiger partial charge on any atom is 0.255 e. The van der Waals surface area contributed by atoms with Crippen LogP contribution in [-0.2, 0) is 11.2 Å². The van der Waals surface area contributed by atoms with Gasteiger partial charge in [0.1, 0.15) is 0 Å². The first kappa shape index (κ1) is 20.4. The van der Waals surface area contributed by atoms with Crippen molar-refractivity contribution >= 4 is 29.3 Å². The van der Waals surface area contributed by atoms with Crippen LogP contribution < -0.4 is 16.4 Å². The zero-order valence-corrected chi connectivity index (χ0v) is 16.8. The Morgan fingerprint density at radius 2 is 1.68 bits per heavy atom. The molecule has 0 unspecified atom stereocenters. The SMILES string of the molecule is Nc1ccccc1NC(=O)c1ccc(/C=C/C(=O)N[C@H]2c3ccccc3C[C@H]2O)cc1. The van der Waals surface area contributed by atoms with E-state index >= 15 is 0 Å². The summed E-state index contributed by atoms with van der Waals surface area (Å²) in [6, 6.07) is 21.2. The number of rotatable bonds is 5. The largest absolute Gasteiger partial charge is 0.397 e. The average Bonchev–Trinajstić information content (AvgIpc) is 3.09. The topological polar surface area (TPSA) is 104 Å². The van der Waals surface area contributed by atoms with Crippen LogP contribution in [0.1, 0.15) is 33.1 Å². The number of carbonyl (C=O) groups is 2. The van der Waals surface area contributed by atoms with Crippen LogP contribution in [0.25, 0.3) is 6.08 Å². The number of hydrogen-bond donors (Lipinski definition) is 4. The lowest BCUT2D eigenvalue weighted by Gasteiger charge is -2.16. The quantitative estimate of drug-likeness (QED) is 0.380. The van der Waals surface area contributed by atoms with Gasteiger partial charge < -0.3 is 21.5 Å². The van der Waals surface area contributed by atoms with Gasteiger partial charge >= 0.3 is 0 Å². The molecule has 0 fully saturated rings. The molecule has 2 amide bonds. The fourth-order valence-corrected chi connectivity index (χ4v) is 3.67. The molecule has 0 heterocycles. The van der Waals surface area contributed by atoms with Gasteiger partial charge in [-0.25, -0.2) is 0 Å². The summed E-state index contributed by atoms with van der Waals surface area (Å²) in [5.74, 6) is -0.554. The van der Waals surface area contributed by atoms with Crippen LogP contribution in [-0.4, -0.2) is 23.0 Å². The number of nitrogen functional groups attached to an aromatic ring is 1. The summed E-state index contributed by atoms with van der Waals surface area (Å²) in [5, 5.41) is 15.9. The summed E-state index contributed by atoms with van der Waals surface area (Å²) in [6.07, 6.45) is 2.99. The van der Waals surface area contributed by atoms with Gasteiger partial charge in [-0.3, -0.25) is 9.59 Å². The number of nitrogens with two attached hydrogens (primary N) is 1.